The van der Waals surface area contributed by atoms with Gasteiger partial charge in [-0.3, -0.25) is 0 Å². The van der Waals surface area contributed by atoms with E-state index >= 15 is 0 Å². The van der Waals surface area contributed by atoms with Crippen LogP contribution in [0.2, 0.25) is 0 Å². The molecule has 0 spiro atoms. The molecule has 32 heavy (non-hydrogen) atoms. The van der Waals surface area contributed by atoms with Crippen molar-refractivity contribution < 1.29 is 19.0 Å². The van der Waals surface area contributed by atoms with E-state index < -0.39 is 11.7 Å². The minimum absolute atomic E-state index is 0.309. The number of rotatable bonds is 9. The molecule has 0 aliphatic rings. The molecule has 0 saturated carbocycles. The van der Waals surface area contributed by atoms with Gasteiger partial charge in [0.2, 0.25) is 0 Å². The van der Waals surface area contributed by atoms with Crippen LogP contribution in [0, 0.1) is 0 Å². The van der Waals surface area contributed by atoms with E-state index in [9.17, 15) is 4.79 Å². The maximum atomic E-state index is 11.8. The Morgan fingerprint density at radius 1 is 1.22 bits per heavy atom. The lowest BCUT2D eigenvalue weighted by molar-refractivity contribution is 0.0520. The lowest BCUT2D eigenvalue weighted by atomic mass is 10.0. The smallest absolute Gasteiger partial charge is 0.407 e. The average Bonchev–Trinajstić information content (AvgIpc) is 3.14. The zero-order valence-corrected chi connectivity index (χ0v) is 19.5. The Kier molecular flexibility index (Phi) is 7.40. The van der Waals surface area contributed by atoms with Gasteiger partial charge < -0.3 is 30.2 Å². The van der Waals surface area contributed by atoms with Crippen molar-refractivity contribution in [3.63, 3.8) is 0 Å². The summed E-state index contributed by atoms with van der Waals surface area (Å²) >= 11 is 0. The van der Waals surface area contributed by atoms with Gasteiger partial charge in [0.1, 0.15) is 47.2 Å². The summed E-state index contributed by atoms with van der Waals surface area (Å²) in [4.78, 5) is 24.4. The maximum Gasteiger partial charge on any atom is 0.407 e. The Hall–Kier alpha value is -3.07. The van der Waals surface area contributed by atoms with Crippen LogP contribution in [0.4, 0.5) is 10.6 Å². The third-order valence-electron chi connectivity index (χ3n) is 4.71. The molecule has 0 atom stereocenters. The quantitative estimate of drug-likeness (QED) is 0.426. The van der Waals surface area contributed by atoms with E-state index in [1.807, 2.05) is 39.8 Å². The predicted octanol–water partition coefficient (Wildman–Crippen LogP) is 4.09. The zero-order chi connectivity index (χ0) is 23.3. The van der Waals surface area contributed by atoms with Crippen LogP contribution in [-0.4, -0.2) is 46.4 Å². The van der Waals surface area contributed by atoms with E-state index in [4.69, 9.17) is 24.9 Å². The predicted molar refractivity (Wildman–Crippen MR) is 125 cm³/mol. The molecular formula is C23H33N5O4. The minimum Gasteiger partial charge on any atom is -0.491 e. The summed E-state index contributed by atoms with van der Waals surface area (Å²) in [6, 6.07) is 3.78. The van der Waals surface area contributed by atoms with Gasteiger partial charge in [0.05, 0.1) is 12.1 Å². The Morgan fingerprint density at radius 3 is 2.69 bits per heavy atom. The van der Waals surface area contributed by atoms with Crippen molar-refractivity contribution in [1.82, 2.24) is 20.3 Å². The van der Waals surface area contributed by atoms with Crippen molar-refractivity contribution in [2.75, 3.05) is 25.5 Å². The largest absolute Gasteiger partial charge is 0.491 e. The molecule has 2 heterocycles. The summed E-state index contributed by atoms with van der Waals surface area (Å²) in [5, 5.41) is 3.64. The molecule has 3 rings (SSSR count). The fourth-order valence-electron chi connectivity index (χ4n) is 3.48. The van der Waals surface area contributed by atoms with Crippen molar-refractivity contribution in [1.29, 1.82) is 0 Å². The minimum atomic E-state index is -0.539. The number of aromatic nitrogens is 3. The van der Waals surface area contributed by atoms with Gasteiger partial charge >= 0.3 is 6.09 Å². The second kappa shape index (κ2) is 10.0. The van der Waals surface area contributed by atoms with Crippen molar-refractivity contribution >= 4 is 33.8 Å². The number of benzene rings is 1. The van der Waals surface area contributed by atoms with Crippen LogP contribution < -0.4 is 15.8 Å². The number of pyridine rings is 1. The number of aromatic amines is 1. The van der Waals surface area contributed by atoms with Gasteiger partial charge in [-0.1, -0.05) is 13.3 Å². The molecule has 4 N–H and O–H groups in total. The number of ether oxygens (including phenoxy) is 3. The van der Waals surface area contributed by atoms with Gasteiger partial charge in [0.25, 0.3) is 0 Å². The van der Waals surface area contributed by atoms with Crippen molar-refractivity contribution in [2.24, 2.45) is 0 Å². The molecule has 0 unspecified atom stereocenters. The lowest BCUT2D eigenvalue weighted by Gasteiger charge is -2.20. The molecule has 0 bridgehead atoms. The number of anilines is 1. The van der Waals surface area contributed by atoms with Gasteiger partial charge in [-0.15, -0.1) is 0 Å². The van der Waals surface area contributed by atoms with Crippen LogP contribution in [-0.2, 0) is 22.5 Å². The van der Waals surface area contributed by atoms with E-state index in [1.165, 1.54) is 0 Å². The van der Waals surface area contributed by atoms with E-state index in [0.29, 0.717) is 43.5 Å². The average molecular weight is 444 g/mol. The summed E-state index contributed by atoms with van der Waals surface area (Å²) in [6.45, 7) is 11.1. The second-order valence-corrected chi connectivity index (χ2v) is 8.50. The summed E-state index contributed by atoms with van der Waals surface area (Å²) in [7, 11) is 0. The molecule has 9 nitrogen and oxygen atoms in total. The highest BCUT2D eigenvalue weighted by molar-refractivity contribution is 6.08. The fraction of sp³-hybridized carbons (Fsp3) is 0.522. The zero-order valence-electron chi connectivity index (χ0n) is 19.5. The molecule has 9 heteroatoms. The molecule has 174 valence electrons. The Morgan fingerprint density at radius 2 is 2.00 bits per heavy atom. The van der Waals surface area contributed by atoms with Gasteiger partial charge in [-0.05, 0) is 46.2 Å². The van der Waals surface area contributed by atoms with Gasteiger partial charge in [-0.25, -0.2) is 14.8 Å². The van der Waals surface area contributed by atoms with Crippen molar-refractivity contribution in [2.45, 2.75) is 59.7 Å². The third kappa shape index (κ3) is 5.59. The van der Waals surface area contributed by atoms with Gasteiger partial charge in [0.15, 0.2) is 0 Å². The number of fused-ring (bicyclic) bond motifs is 3. The first-order valence-corrected chi connectivity index (χ1v) is 11.0. The fourth-order valence-corrected chi connectivity index (χ4v) is 3.48. The molecule has 0 radical (unpaired) electrons. The molecule has 1 aromatic carbocycles. The number of H-pyrrole nitrogens is 1. The van der Waals surface area contributed by atoms with Crippen molar-refractivity contribution in [3.8, 4) is 5.75 Å². The number of nitrogens with two attached hydrogens (primary N) is 1. The van der Waals surface area contributed by atoms with Crippen LogP contribution in [0.15, 0.2) is 12.1 Å². The first-order chi connectivity index (χ1) is 15.2. The maximum absolute atomic E-state index is 11.8. The molecule has 0 saturated heterocycles. The number of nitrogens with one attached hydrogen (secondary N) is 2. The van der Waals surface area contributed by atoms with E-state index in [1.54, 1.807) is 0 Å². The van der Waals surface area contributed by atoms with Crippen LogP contribution in [0.3, 0.4) is 0 Å². The summed E-state index contributed by atoms with van der Waals surface area (Å²) in [5.41, 5.74) is 8.91. The van der Waals surface area contributed by atoms with Crippen LogP contribution in [0.1, 0.15) is 52.4 Å². The van der Waals surface area contributed by atoms with E-state index in [-0.39, 0.29) is 0 Å². The monoisotopic (exact) mass is 443 g/mol. The number of carbonyl (C=O) groups is 1. The summed E-state index contributed by atoms with van der Waals surface area (Å²) < 4.78 is 16.8. The van der Waals surface area contributed by atoms with Crippen molar-refractivity contribution in [3.05, 3.63) is 23.5 Å². The van der Waals surface area contributed by atoms with E-state index in [2.05, 4.69) is 22.2 Å². The Labute approximate surface area is 188 Å². The van der Waals surface area contributed by atoms with Gasteiger partial charge in [0, 0.05) is 17.6 Å². The number of amides is 1. The number of alkyl carbamates (subject to hydrolysis) is 1. The number of nitrogen functional groups attached to an aromatic ring is 1. The number of carbonyl (C=O) groups excluding carboxylic acids is 1. The second-order valence-electron chi connectivity index (χ2n) is 8.50. The third-order valence-corrected chi connectivity index (χ3v) is 4.71. The molecule has 3 aromatic rings. The topological polar surface area (TPSA) is 124 Å². The normalized spacial score (nSPS) is 11.8. The highest BCUT2D eigenvalue weighted by Gasteiger charge is 2.18. The molecule has 0 aliphatic carbocycles. The first-order valence-electron chi connectivity index (χ1n) is 11.0. The number of nitrogens with zero attached hydrogens (tertiary/aromatic N) is 2. The molecule has 2 aromatic heterocycles. The van der Waals surface area contributed by atoms with Crippen LogP contribution >= 0.6 is 0 Å². The summed E-state index contributed by atoms with van der Waals surface area (Å²) in [5.74, 6) is 1.85. The lowest BCUT2D eigenvalue weighted by Crippen LogP contribution is -2.34. The van der Waals surface area contributed by atoms with Gasteiger partial charge in [-0.2, -0.15) is 0 Å². The number of hydrogen-bond acceptors (Lipinski definition) is 7. The SMILES string of the molecule is CCCc1c(OCCNC(=O)OC(C)(C)C)ccc2nc(N)c3[nH]c(COCC)nc3c12. The highest BCUT2D eigenvalue weighted by atomic mass is 16.6. The number of hydrogen-bond donors (Lipinski definition) is 3. The molecule has 1 amide bonds. The Bertz CT molecular complexity index is 1090. The van der Waals surface area contributed by atoms with Crippen LogP contribution in [0.5, 0.6) is 5.75 Å². The number of aryl methyl sites for hydroxylation is 1. The molecule has 0 aliphatic heterocycles. The first kappa shape index (κ1) is 23.6. The highest BCUT2D eigenvalue weighted by Crippen LogP contribution is 2.34. The summed E-state index contributed by atoms with van der Waals surface area (Å²) in [6.07, 6.45) is 1.25. The van der Waals surface area contributed by atoms with E-state index in [0.717, 1.165) is 40.6 Å². The molecular weight excluding hydrogens is 410 g/mol. The number of imidazole rings is 1. The standard InChI is InChI=1S/C23H33N5O4/c1-6-8-14-16(31-12-11-25-22(29)32-23(3,4)5)10-9-15-18(14)19-20(21(24)26-15)28-17(27-19)13-30-7-2/h9-10H,6-8,11-13H2,1-5H3,(H2,24,26)(H,25,29)(H,27,28). The Balaban J connectivity index is 1.87. The van der Waals surface area contributed by atoms with Crippen LogP contribution in [0.25, 0.3) is 21.9 Å². The molecule has 0 fully saturated rings.